The molecule has 0 bridgehead atoms. The number of aryl methyl sites for hydroxylation is 1. The summed E-state index contributed by atoms with van der Waals surface area (Å²) in [5.74, 6) is 0.394. The monoisotopic (exact) mass is 257 g/mol. The van der Waals surface area contributed by atoms with Crippen LogP contribution in [0.2, 0.25) is 0 Å². The van der Waals surface area contributed by atoms with Crippen molar-refractivity contribution in [3.05, 3.63) is 47.3 Å². The lowest BCUT2D eigenvalue weighted by Gasteiger charge is -2.08. The van der Waals surface area contributed by atoms with Crippen molar-refractivity contribution in [2.24, 2.45) is 5.92 Å². The first kappa shape index (κ1) is 13.3. The lowest BCUT2D eigenvalue weighted by molar-refractivity contribution is 0.102. The number of nitrogens with one attached hydrogen (secondary N) is 2. The van der Waals surface area contributed by atoms with Crippen LogP contribution >= 0.6 is 0 Å². The molecule has 0 atom stereocenters. The van der Waals surface area contributed by atoms with Gasteiger partial charge in [-0.25, -0.2) is 0 Å². The van der Waals surface area contributed by atoms with Crippen LogP contribution in [-0.2, 0) is 6.42 Å². The van der Waals surface area contributed by atoms with Gasteiger partial charge < -0.3 is 5.32 Å². The molecule has 0 aliphatic heterocycles. The molecule has 0 aliphatic rings. The lowest BCUT2D eigenvalue weighted by Crippen LogP contribution is -2.13. The minimum absolute atomic E-state index is 0.102. The van der Waals surface area contributed by atoms with Crippen molar-refractivity contribution >= 4 is 11.6 Å². The molecule has 2 N–H and O–H groups in total. The number of carbonyl (C=O) groups excluding carboxylic acids is 1. The highest BCUT2D eigenvalue weighted by molar-refractivity contribution is 6.04. The number of H-pyrrole nitrogens is 1. The summed E-state index contributed by atoms with van der Waals surface area (Å²) in [5, 5.41) is 10.1. The minimum Gasteiger partial charge on any atom is -0.319 e. The van der Waals surface area contributed by atoms with Crippen molar-refractivity contribution in [1.29, 1.82) is 0 Å². The summed E-state index contributed by atoms with van der Waals surface area (Å²) in [6.07, 6.45) is 0.842. The number of hydrogen-bond acceptors (Lipinski definition) is 2. The molecule has 19 heavy (non-hydrogen) atoms. The Kier molecular flexibility index (Phi) is 4.00. The van der Waals surface area contributed by atoms with E-state index in [1.54, 1.807) is 12.1 Å². The highest BCUT2D eigenvalue weighted by Crippen LogP contribution is 2.21. The van der Waals surface area contributed by atoms with Crippen molar-refractivity contribution in [1.82, 2.24) is 10.2 Å². The second-order valence-electron chi connectivity index (χ2n) is 5.09. The van der Waals surface area contributed by atoms with Crippen LogP contribution in [0.3, 0.4) is 0 Å². The van der Waals surface area contributed by atoms with Gasteiger partial charge in [0.05, 0.1) is 17.1 Å². The minimum atomic E-state index is -0.102. The van der Waals surface area contributed by atoms with E-state index in [2.05, 4.69) is 29.4 Å². The average Bonchev–Trinajstić information content (AvgIpc) is 2.72. The fourth-order valence-electron chi connectivity index (χ4n) is 1.96. The zero-order valence-electron chi connectivity index (χ0n) is 11.5. The number of amides is 1. The van der Waals surface area contributed by atoms with E-state index in [9.17, 15) is 4.79 Å². The van der Waals surface area contributed by atoms with Gasteiger partial charge in [0.2, 0.25) is 0 Å². The summed E-state index contributed by atoms with van der Waals surface area (Å²) in [6, 6.07) is 9.20. The van der Waals surface area contributed by atoms with Gasteiger partial charge in [-0.15, -0.1) is 0 Å². The van der Waals surface area contributed by atoms with Gasteiger partial charge in [-0.05, 0) is 31.4 Å². The van der Waals surface area contributed by atoms with E-state index in [-0.39, 0.29) is 5.91 Å². The molecule has 0 unspecified atom stereocenters. The number of benzene rings is 1. The molecule has 1 heterocycles. The molecular formula is C15H19N3O. The third-order valence-corrected chi connectivity index (χ3v) is 2.90. The van der Waals surface area contributed by atoms with Crippen LogP contribution in [0.15, 0.2) is 30.3 Å². The summed E-state index contributed by atoms with van der Waals surface area (Å²) in [4.78, 5) is 12.1. The SMILES string of the molecule is Cc1[nH]nc(CC(C)C)c1NC(=O)c1ccccc1. The summed E-state index contributed by atoms with van der Waals surface area (Å²) < 4.78 is 0. The molecule has 1 amide bonds. The molecule has 0 saturated carbocycles. The number of rotatable bonds is 4. The Morgan fingerprint density at radius 3 is 2.63 bits per heavy atom. The molecular weight excluding hydrogens is 238 g/mol. The number of carbonyl (C=O) groups is 1. The quantitative estimate of drug-likeness (QED) is 0.883. The molecule has 1 aromatic heterocycles. The molecule has 4 nitrogen and oxygen atoms in total. The van der Waals surface area contributed by atoms with Gasteiger partial charge in [0, 0.05) is 5.56 Å². The molecule has 4 heteroatoms. The number of anilines is 1. The largest absolute Gasteiger partial charge is 0.319 e. The fraction of sp³-hybridized carbons (Fsp3) is 0.333. The summed E-state index contributed by atoms with van der Waals surface area (Å²) in [6.45, 7) is 6.18. The van der Waals surface area contributed by atoms with E-state index in [0.29, 0.717) is 11.5 Å². The van der Waals surface area contributed by atoms with Crippen molar-refractivity contribution in [3.63, 3.8) is 0 Å². The first-order chi connectivity index (χ1) is 9.08. The van der Waals surface area contributed by atoms with Crippen molar-refractivity contribution in [3.8, 4) is 0 Å². The van der Waals surface area contributed by atoms with E-state index in [4.69, 9.17) is 0 Å². The van der Waals surface area contributed by atoms with Crippen LogP contribution in [0.4, 0.5) is 5.69 Å². The van der Waals surface area contributed by atoms with Crippen LogP contribution in [0.1, 0.15) is 35.6 Å². The van der Waals surface area contributed by atoms with Crippen molar-refractivity contribution < 1.29 is 4.79 Å². The average molecular weight is 257 g/mol. The van der Waals surface area contributed by atoms with Crippen molar-refractivity contribution in [2.45, 2.75) is 27.2 Å². The van der Waals surface area contributed by atoms with Gasteiger partial charge in [-0.1, -0.05) is 32.0 Å². The smallest absolute Gasteiger partial charge is 0.255 e. The molecule has 2 rings (SSSR count). The molecule has 0 radical (unpaired) electrons. The lowest BCUT2D eigenvalue weighted by atomic mass is 10.1. The normalized spacial score (nSPS) is 10.7. The molecule has 2 aromatic rings. The predicted octanol–water partition coefficient (Wildman–Crippen LogP) is 3.17. The van der Waals surface area contributed by atoms with E-state index < -0.39 is 0 Å². The number of aromatic nitrogens is 2. The molecule has 0 aliphatic carbocycles. The third-order valence-electron chi connectivity index (χ3n) is 2.90. The van der Waals surface area contributed by atoms with E-state index in [1.807, 2.05) is 25.1 Å². The van der Waals surface area contributed by atoms with Gasteiger partial charge in [-0.3, -0.25) is 9.89 Å². The van der Waals surface area contributed by atoms with E-state index in [1.165, 1.54) is 0 Å². The second kappa shape index (κ2) is 5.69. The molecule has 0 fully saturated rings. The Morgan fingerprint density at radius 2 is 2.00 bits per heavy atom. The maximum atomic E-state index is 12.1. The molecule has 1 aromatic carbocycles. The predicted molar refractivity (Wildman–Crippen MR) is 76.3 cm³/mol. The molecule has 0 saturated heterocycles. The first-order valence-electron chi connectivity index (χ1n) is 6.48. The Balaban J connectivity index is 2.19. The summed E-state index contributed by atoms with van der Waals surface area (Å²) in [5.41, 5.74) is 3.26. The number of hydrogen-bond donors (Lipinski definition) is 2. The van der Waals surface area contributed by atoms with Crippen LogP contribution in [0.25, 0.3) is 0 Å². The second-order valence-corrected chi connectivity index (χ2v) is 5.09. The summed E-state index contributed by atoms with van der Waals surface area (Å²) >= 11 is 0. The maximum absolute atomic E-state index is 12.1. The molecule has 0 spiro atoms. The van der Waals surface area contributed by atoms with Crippen LogP contribution in [0, 0.1) is 12.8 Å². The van der Waals surface area contributed by atoms with Gasteiger partial charge >= 0.3 is 0 Å². The topological polar surface area (TPSA) is 57.8 Å². The Labute approximate surface area is 113 Å². The first-order valence-corrected chi connectivity index (χ1v) is 6.48. The maximum Gasteiger partial charge on any atom is 0.255 e. The van der Waals surface area contributed by atoms with Gasteiger partial charge in [0.25, 0.3) is 5.91 Å². The van der Waals surface area contributed by atoms with E-state index in [0.717, 1.165) is 23.5 Å². The Hall–Kier alpha value is -2.10. The standard InChI is InChI=1S/C15H19N3O/c1-10(2)9-13-14(11(3)17-18-13)16-15(19)12-7-5-4-6-8-12/h4-8,10H,9H2,1-3H3,(H,16,19)(H,17,18). The van der Waals surface area contributed by atoms with Crippen molar-refractivity contribution in [2.75, 3.05) is 5.32 Å². The van der Waals surface area contributed by atoms with Gasteiger partial charge in [0.1, 0.15) is 0 Å². The van der Waals surface area contributed by atoms with Crippen LogP contribution < -0.4 is 5.32 Å². The zero-order chi connectivity index (χ0) is 13.8. The Morgan fingerprint density at radius 1 is 1.32 bits per heavy atom. The Bertz CT molecular complexity index is 558. The number of nitrogens with zero attached hydrogens (tertiary/aromatic N) is 1. The highest BCUT2D eigenvalue weighted by atomic mass is 16.1. The molecule has 100 valence electrons. The summed E-state index contributed by atoms with van der Waals surface area (Å²) in [7, 11) is 0. The van der Waals surface area contributed by atoms with Crippen LogP contribution in [-0.4, -0.2) is 16.1 Å². The zero-order valence-corrected chi connectivity index (χ0v) is 11.5. The fourth-order valence-corrected chi connectivity index (χ4v) is 1.96. The van der Waals surface area contributed by atoms with Crippen LogP contribution in [0.5, 0.6) is 0 Å². The van der Waals surface area contributed by atoms with Gasteiger partial charge in [0.15, 0.2) is 0 Å². The highest BCUT2D eigenvalue weighted by Gasteiger charge is 2.15. The van der Waals surface area contributed by atoms with Gasteiger partial charge in [-0.2, -0.15) is 5.10 Å². The third kappa shape index (κ3) is 3.22. The number of aromatic amines is 1. The van der Waals surface area contributed by atoms with E-state index >= 15 is 0 Å².